The molecule has 0 radical (unpaired) electrons. The predicted octanol–water partition coefficient (Wildman–Crippen LogP) is 2.32. The molecule has 9 heteroatoms. The third kappa shape index (κ3) is 5.95. The Balaban J connectivity index is 1.68. The van der Waals surface area contributed by atoms with Gasteiger partial charge in [0.2, 0.25) is 11.8 Å². The number of hydrogen-bond donors (Lipinski definition) is 2. The summed E-state index contributed by atoms with van der Waals surface area (Å²) < 4.78 is 7.38. The third-order valence-corrected chi connectivity index (χ3v) is 4.84. The molecule has 0 unspecified atom stereocenters. The fraction of sp³-hybridized carbons (Fsp3) is 0.300. The van der Waals surface area contributed by atoms with E-state index in [0.29, 0.717) is 17.5 Å². The number of nitrogens with one attached hydrogen (secondary N) is 2. The molecule has 8 nitrogen and oxygen atoms in total. The first-order chi connectivity index (χ1) is 14.0. The molecule has 2 amide bonds. The molecule has 2 aromatic heterocycles. The lowest BCUT2D eigenvalue weighted by Crippen LogP contribution is -2.40. The molecule has 0 aliphatic rings. The standard InChI is InChI=1S/C20H23N5O3S/c1-14(2)22-17(26)11-21-18(27)13-29-20-24-23-19(15-7-4-3-5-8-15)25(20)12-16-9-6-10-28-16/h3-10,14H,11-13H2,1-2H3,(H,21,27)(H,22,26). The van der Waals surface area contributed by atoms with Gasteiger partial charge in [-0.3, -0.25) is 14.2 Å². The molecule has 0 fully saturated rings. The van der Waals surface area contributed by atoms with E-state index in [1.807, 2.05) is 60.9 Å². The quantitative estimate of drug-likeness (QED) is 0.522. The van der Waals surface area contributed by atoms with Crippen LogP contribution in [0.3, 0.4) is 0 Å². The number of carbonyl (C=O) groups excluding carboxylic acids is 2. The monoisotopic (exact) mass is 413 g/mol. The van der Waals surface area contributed by atoms with Gasteiger partial charge in [-0.25, -0.2) is 0 Å². The molecule has 3 aromatic rings. The molecule has 0 atom stereocenters. The zero-order chi connectivity index (χ0) is 20.6. The van der Waals surface area contributed by atoms with Crippen LogP contribution in [-0.2, 0) is 16.1 Å². The summed E-state index contributed by atoms with van der Waals surface area (Å²) in [6.07, 6.45) is 1.62. The van der Waals surface area contributed by atoms with Gasteiger partial charge in [0.15, 0.2) is 11.0 Å². The SMILES string of the molecule is CC(C)NC(=O)CNC(=O)CSc1nnc(-c2ccccc2)n1Cc1ccco1. The Bertz CT molecular complexity index is 938. The average molecular weight is 414 g/mol. The van der Waals surface area contributed by atoms with Crippen LogP contribution in [0.25, 0.3) is 11.4 Å². The van der Waals surface area contributed by atoms with Crippen LogP contribution in [0.15, 0.2) is 58.3 Å². The Hall–Kier alpha value is -3.07. The van der Waals surface area contributed by atoms with E-state index in [1.165, 1.54) is 11.8 Å². The van der Waals surface area contributed by atoms with Gasteiger partial charge in [-0.15, -0.1) is 10.2 Å². The molecule has 2 heterocycles. The van der Waals surface area contributed by atoms with E-state index in [-0.39, 0.29) is 30.2 Å². The van der Waals surface area contributed by atoms with Crippen molar-refractivity contribution < 1.29 is 14.0 Å². The van der Waals surface area contributed by atoms with E-state index >= 15 is 0 Å². The minimum atomic E-state index is -0.247. The fourth-order valence-electron chi connectivity index (χ4n) is 2.63. The molecule has 0 aliphatic heterocycles. The number of hydrogen-bond acceptors (Lipinski definition) is 6. The lowest BCUT2D eigenvalue weighted by molar-refractivity contribution is -0.125. The van der Waals surface area contributed by atoms with Crippen LogP contribution in [0.2, 0.25) is 0 Å². The largest absolute Gasteiger partial charge is 0.467 e. The van der Waals surface area contributed by atoms with Crippen molar-refractivity contribution in [3.05, 3.63) is 54.5 Å². The topological polar surface area (TPSA) is 102 Å². The lowest BCUT2D eigenvalue weighted by atomic mass is 10.2. The molecule has 0 saturated heterocycles. The van der Waals surface area contributed by atoms with Crippen LogP contribution in [0.1, 0.15) is 19.6 Å². The van der Waals surface area contributed by atoms with E-state index in [4.69, 9.17) is 4.42 Å². The fourth-order valence-corrected chi connectivity index (χ4v) is 3.40. The second-order valence-electron chi connectivity index (χ2n) is 6.63. The highest BCUT2D eigenvalue weighted by Gasteiger charge is 2.17. The molecule has 0 bridgehead atoms. The van der Waals surface area contributed by atoms with Crippen LogP contribution < -0.4 is 10.6 Å². The minimum Gasteiger partial charge on any atom is -0.467 e. The number of nitrogens with zero attached hydrogens (tertiary/aromatic N) is 3. The van der Waals surface area contributed by atoms with Crippen molar-refractivity contribution in [2.24, 2.45) is 0 Å². The van der Waals surface area contributed by atoms with Crippen molar-refractivity contribution in [1.82, 2.24) is 25.4 Å². The van der Waals surface area contributed by atoms with Gasteiger partial charge in [0.1, 0.15) is 5.76 Å². The summed E-state index contributed by atoms with van der Waals surface area (Å²) in [6.45, 7) is 4.13. The van der Waals surface area contributed by atoms with Gasteiger partial charge in [-0.1, -0.05) is 42.1 Å². The van der Waals surface area contributed by atoms with Gasteiger partial charge >= 0.3 is 0 Å². The number of aromatic nitrogens is 3. The van der Waals surface area contributed by atoms with E-state index in [1.54, 1.807) is 6.26 Å². The first kappa shape index (κ1) is 20.7. The molecular formula is C20H23N5O3S. The summed E-state index contributed by atoms with van der Waals surface area (Å²) in [5.74, 6) is 1.12. The highest BCUT2D eigenvalue weighted by Crippen LogP contribution is 2.25. The summed E-state index contributed by atoms with van der Waals surface area (Å²) in [7, 11) is 0. The lowest BCUT2D eigenvalue weighted by Gasteiger charge is -2.10. The van der Waals surface area contributed by atoms with Gasteiger partial charge in [0.25, 0.3) is 0 Å². The number of carbonyl (C=O) groups is 2. The molecule has 2 N–H and O–H groups in total. The second-order valence-corrected chi connectivity index (χ2v) is 7.57. The molecule has 0 spiro atoms. The molecule has 3 rings (SSSR count). The van der Waals surface area contributed by atoms with Crippen molar-refractivity contribution in [1.29, 1.82) is 0 Å². The summed E-state index contributed by atoms with van der Waals surface area (Å²) >= 11 is 1.26. The first-order valence-electron chi connectivity index (χ1n) is 9.23. The summed E-state index contributed by atoms with van der Waals surface area (Å²) in [4.78, 5) is 23.8. The minimum absolute atomic E-state index is 0.0327. The maximum Gasteiger partial charge on any atom is 0.239 e. The number of furan rings is 1. The molecule has 29 heavy (non-hydrogen) atoms. The average Bonchev–Trinajstić information content (AvgIpc) is 3.35. The van der Waals surface area contributed by atoms with E-state index in [9.17, 15) is 9.59 Å². The van der Waals surface area contributed by atoms with Crippen molar-refractivity contribution in [3.8, 4) is 11.4 Å². The Labute approximate surface area is 173 Å². The molecule has 1 aromatic carbocycles. The van der Waals surface area contributed by atoms with Crippen LogP contribution in [0, 0.1) is 0 Å². The molecule has 0 aliphatic carbocycles. The Morgan fingerprint density at radius 3 is 2.59 bits per heavy atom. The van der Waals surface area contributed by atoms with Crippen molar-refractivity contribution in [3.63, 3.8) is 0 Å². The predicted molar refractivity (Wildman–Crippen MR) is 110 cm³/mol. The molecule has 0 saturated carbocycles. The maximum atomic E-state index is 12.1. The van der Waals surface area contributed by atoms with E-state index in [0.717, 1.165) is 11.3 Å². The van der Waals surface area contributed by atoms with E-state index < -0.39 is 0 Å². The van der Waals surface area contributed by atoms with Gasteiger partial charge < -0.3 is 15.1 Å². The van der Waals surface area contributed by atoms with Crippen LogP contribution >= 0.6 is 11.8 Å². The van der Waals surface area contributed by atoms with E-state index in [2.05, 4.69) is 20.8 Å². The highest BCUT2D eigenvalue weighted by atomic mass is 32.2. The smallest absolute Gasteiger partial charge is 0.239 e. The highest BCUT2D eigenvalue weighted by molar-refractivity contribution is 7.99. The van der Waals surface area contributed by atoms with Crippen molar-refractivity contribution in [2.75, 3.05) is 12.3 Å². The molecule has 152 valence electrons. The summed E-state index contributed by atoms with van der Waals surface area (Å²) in [5, 5.41) is 14.5. The zero-order valence-corrected chi connectivity index (χ0v) is 17.1. The van der Waals surface area contributed by atoms with Crippen molar-refractivity contribution in [2.45, 2.75) is 31.6 Å². The van der Waals surface area contributed by atoms with Crippen LogP contribution in [0.5, 0.6) is 0 Å². The maximum absolute atomic E-state index is 12.1. The first-order valence-corrected chi connectivity index (χ1v) is 10.2. The summed E-state index contributed by atoms with van der Waals surface area (Å²) in [5.41, 5.74) is 0.924. The number of benzene rings is 1. The third-order valence-electron chi connectivity index (χ3n) is 3.87. The van der Waals surface area contributed by atoms with Gasteiger partial charge in [-0.2, -0.15) is 0 Å². The normalized spacial score (nSPS) is 10.9. The zero-order valence-electron chi connectivity index (χ0n) is 16.3. The Morgan fingerprint density at radius 2 is 1.90 bits per heavy atom. The van der Waals surface area contributed by atoms with Gasteiger partial charge in [-0.05, 0) is 26.0 Å². The second kappa shape index (κ2) is 9.92. The Kier molecular flexibility index (Phi) is 7.07. The van der Waals surface area contributed by atoms with Crippen molar-refractivity contribution >= 4 is 23.6 Å². The van der Waals surface area contributed by atoms with Crippen LogP contribution in [-0.4, -0.2) is 44.9 Å². The summed E-state index contributed by atoms with van der Waals surface area (Å²) in [6, 6.07) is 13.5. The number of rotatable bonds is 9. The molecular weight excluding hydrogens is 390 g/mol. The van der Waals surface area contributed by atoms with Gasteiger partial charge in [0.05, 0.1) is 25.1 Å². The van der Waals surface area contributed by atoms with Gasteiger partial charge in [0, 0.05) is 11.6 Å². The number of thioether (sulfide) groups is 1. The van der Waals surface area contributed by atoms with Crippen LogP contribution in [0.4, 0.5) is 0 Å². The number of amides is 2. The Morgan fingerprint density at radius 1 is 1.10 bits per heavy atom.